The average Bonchev–Trinajstić information content (AvgIpc) is 2.33. The van der Waals surface area contributed by atoms with Crippen molar-refractivity contribution in [3.05, 3.63) is 0 Å². The third kappa shape index (κ3) is 13.1. The Kier molecular flexibility index (Phi) is 11.3. The summed E-state index contributed by atoms with van der Waals surface area (Å²) in [7, 11) is 1.77. The molecule has 5 nitrogen and oxygen atoms in total. The number of amides is 1. The van der Waals surface area contributed by atoms with Crippen molar-refractivity contribution >= 4 is 11.9 Å². The molecule has 0 saturated carbocycles. The lowest BCUT2D eigenvalue weighted by Gasteiger charge is -2.13. The number of likely N-dealkylation sites (N-methyl/N-ethyl adjacent to an activating group) is 1. The highest BCUT2D eigenvalue weighted by molar-refractivity contribution is 5.75. The van der Waals surface area contributed by atoms with Gasteiger partial charge in [-0.3, -0.25) is 14.5 Å². The van der Waals surface area contributed by atoms with Crippen LogP contribution in [0, 0.1) is 0 Å². The molecule has 0 radical (unpaired) electrons. The number of carboxylic acids is 1. The molecule has 0 aromatic heterocycles. The van der Waals surface area contributed by atoms with E-state index in [0.717, 1.165) is 19.3 Å². The maximum atomic E-state index is 11.5. The summed E-state index contributed by atoms with van der Waals surface area (Å²) < 4.78 is 0. The molecule has 5 heteroatoms. The zero-order valence-electron chi connectivity index (χ0n) is 12.3. The fourth-order valence-corrected chi connectivity index (χ4v) is 1.86. The minimum Gasteiger partial charge on any atom is -0.480 e. The number of carbonyl (C=O) groups excluding carboxylic acids is 1. The van der Waals surface area contributed by atoms with Crippen molar-refractivity contribution in [1.29, 1.82) is 0 Å². The maximum absolute atomic E-state index is 11.5. The Morgan fingerprint density at radius 1 is 1.11 bits per heavy atom. The highest BCUT2D eigenvalue weighted by atomic mass is 16.4. The van der Waals surface area contributed by atoms with Crippen molar-refractivity contribution in [3.63, 3.8) is 0 Å². The fraction of sp³-hybridized carbons (Fsp3) is 0.857. The molecular weight excluding hydrogens is 244 g/mol. The summed E-state index contributed by atoms with van der Waals surface area (Å²) in [5.74, 6) is -0.712. The van der Waals surface area contributed by atoms with Crippen LogP contribution >= 0.6 is 0 Å². The third-order valence-electron chi connectivity index (χ3n) is 2.95. The van der Waals surface area contributed by atoms with Gasteiger partial charge in [-0.25, -0.2) is 0 Å². The smallest absolute Gasteiger partial charge is 0.317 e. The van der Waals surface area contributed by atoms with E-state index in [9.17, 15) is 9.59 Å². The highest BCUT2D eigenvalue weighted by Crippen LogP contribution is 2.04. The molecule has 0 aliphatic heterocycles. The van der Waals surface area contributed by atoms with Crippen LogP contribution in [-0.2, 0) is 9.59 Å². The quantitative estimate of drug-likeness (QED) is 0.532. The SMILES string of the molecule is CCCCCCCC(=O)NCCCN(C)CC(=O)O. The van der Waals surface area contributed by atoms with Crippen LogP contribution in [0.4, 0.5) is 0 Å². The summed E-state index contributed by atoms with van der Waals surface area (Å²) in [4.78, 5) is 23.6. The van der Waals surface area contributed by atoms with Gasteiger partial charge in [-0.15, -0.1) is 0 Å². The number of rotatable bonds is 12. The van der Waals surface area contributed by atoms with Gasteiger partial charge in [0.05, 0.1) is 6.54 Å². The van der Waals surface area contributed by atoms with Crippen LogP contribution in [0.3, 0.4) is 0 Å². The van der Waals surface area contributed by atoms with E-state index in [4.69, 9.17) is 5.11 Å². The summed E-state index contributed by atoms with van der Waals surface area (Å²) in [5, 5.41) is 11.4. The first-order chi connectivity index (χ1) is 9.06. The van der Waals surface area contributed by atoms with Crippen LogP contribution in [0.1, 0.15) is 51.9 Å². The molecule has 0 heterocycles. The van der Waals surface area contributed by atoms with Crippen molar-refractivity contribution in [2.24, 2.45) is 0 Å². The zero-order valence-corrected chi connectivity index (χ0v) is 12.3. The number of nitrogens with zero attached hydrogens (tertiary/aromatic N) is 1. The Bertz CT molecular complexity index is 257. The molecule has 0 bridgehead atoms. The molecule has 0 aliphatic carbocycles. The van der Waals surface area contributed by atoms with Crippen LogP contribution in [0.5, 0.6) is 0 Å². The van der Waals surface area contributed by atoms with Crippen molar-refractivity contribution in [2.45, 2.75) is 51.9 Å². The van der Waals surface area contributed by atoms with Gasteiger partial charge >= 0.3 is 5.97 Å². The predicted octanol–water partition coefficient (Wildman–Crippen LogP) is 1.87. The lowest BCUT2D eigenvalue weighted by molar-refractivity contribution is -0.138. The standard InChI is InChI=1S/C14H28N2O3/c1-3-4-5-6-7-9-13(17)15-10-8-11-16(2)12-14(18)19/h3-12H2,1-2H3,(H,15,17)(H,18,19). The second-order valence-corrected chi connectivity index (χ2v) is 5.00. The number of carboxylic acid groups (broad SMARTS) is 1. The van der Waals surface area contributed by atoms with E-state index >= 15 is 0 Å². The average molecular weight is 272 g/mol. The second kappa shape index (κ2) is 12.0. The van der Waals surface area contributed by atoms with E-state index in [1.165, 1.54) is 19.3 Å². The summed E-state index contributed by atoms with van der Waals surface area (Å²) >= 11 is 0. The van der Waals surface area contributed by atoms with E-state index in [-0.39, 0.29) is 12.5 Å². The Hall–Kier alpha value is -1.10. The monoisotopic (exact) mass is 272 g/mol. The number of hydrogen-bond donors (Lipinski definition) is 2. The molecule has 0 spiro atoms. The molecule has 0 saturated heterocycles. The van der Waals surface area contributed by atoms with Crippen LogP contribution in [0.25, 0.3) is 0 Å². The molecule has 0 fully saturated rings. The van der Waals surface area contributed by atoms with Crippen molar-refractivity contribution in [1.82, 2.24) is 10.2 Å². The Morgan fingerprint density at radius 3 is 2.42 bits per heavy atom. The number of aliphatic carboxylic acids is 1. The van der Waals surface area contributed by atoms with Gasteiger partial charge in [-0.1, -0.05) is 32.6 Å². The van der Waals surface area contributed by atoms with Gasteiger partial charge in [0.25, 0.3) is 0 Å². The molecule has 2 N–H and O–H groups in total. The molecular formula is C14H28N2O3. The molecule has 0 aliphatic rings. The van der Waals surface area contributed by atoms with Crippen LogP contribution in [0.2, 0.25) is 0 Å². The predicted molar refractivity (Wildman–Crippen MR) is 76.1 cm³/mol. The molecule has 112 valence electrons. The van der Waals surface area contributed by atoms with Gasteiger partial charge in [0, 0.05) is 19.5 Å². The van der Waals surface area contributed by atoms with E-state index < -0.39 is 5.97 Å². The largest absolute Gasteiger partial charge is 0.480 e. The second-order valence-electron chi connectivity index (χ2n) is 5.00. The molecule has 0 aromatic carbocycles. The van der Waals surface area contributed by atoms with Crippen molar-refractivity contribution in [3.8, 4) is 0 Å². The summed E-state index contributed by atoms with van der Waals surface area (Å²) in [5.41, 5.74) is 0. The first kappa shape index (κ1) is 17.9. The minimum absolute atomic E-state index is 0.0470. The Morgan fingerprint density at radius 2 is 1.79 bits per heavy atom. The fourth-order valence-electron chi connectivity index (χ4n) is 1.86. The van der Waals surface area contributed by atoms with Gasteiger partial charge in [-0.2, -0.15) is 0 Å². The number of carbonyl (C=O) groups is 2. The Balaban J connectivity index is 3.35. The van der Waals surface area contributed by atoms with E-state index in [2.05, 4.69) is 12.2 Å². The van der Waals surface area contributed by atoms with E-state index in [1.54, 1.807) is 11.9 Å². The number of nitrogens with one attached hydrogen (secondary N) is 1. The van der Waals surface area contributed by atoms with Gasteiger partial charge < -0.3 is 10.4 Å². The topological polar surface area (TPSA) is 69.6 Å². The van der Waals surface area contributed by atoms with Gasteiger partial charge in [-0.05, 0) is 19.9 Å². The summed E-state index contributed by atoms with van der Waals surface area (Å²) in [6.45, 7) is 3.53. The van der Waals surface area contributed by atoms with Crippen molar-refractivity contribution in [2.75, 3.05) is 26.7 Å². The van der Waals surface area contributed by atoms with Crippen LogP contribution < -0.4 is 5.32 Å². The Labute approximate surface area is 116 Å². The summed E-state index contributed by atoms with van der Waals surface area (Å²) in [6.07, 6.45) is 7.16. The maximum Gasteiger partial charge on any atom is 0.317 e. The molecule has 0 rings (SSSR count). The number of hydrogen-bond acceptors (Lipinski definition) is 3. The van der Waals surface area contributed by atoms with Gasteiger partial charge in [0.15, 0.2) is 0 Å². The summed E-state index contributed by atoms with van der Waals surface area (Å²) in [6, 6.07) is 0. The van der Waals surface area contributed by atoms with E-state index in [1.807, 2.05) is 0 Å². The molecule has 0 atom stereocenters. The van der Waals surface area contributed by atoms with Gasteiger partial charge in [0.2, 0.25) is 5.91 Å². The lowest BCUT2D eigenvalue weighted by atomic mass is 10.1. The first-order valence-corrected chi connectivity index (χ1v) is 7.23. The molecule has 1 amide bonds. The zero-order chi connectivity index (χ0) is 14.5. The van der Waals surface area contributed by atoms with Crippen molar-refractivity contribution < 1.29 is 14.7 Å². The van der Waals surface area contributed by atoms with Crippen LogP contribution in [-0.4, -0.2) is 48.6 Å². The molecule has 0 aromatic rings. The van der Waals surface area contributed by atoms with Gasteiger partial charge in [0.1, 0.15) is 0 Å². The molecule has 0 unspecified atom stereocenters. The third-order valence-corrected chi connectivity index (χ3v) is 2.95. The van der Waals surface area contributed by atoms with Crippen LogP contribution in [0.15, 0.2) is 0 Å². The number of unbranched alkanes of at least 4 members (excludes halogenated alkanes) is 4. The normalized spacial score (nSPS) is 10.7. The first-order valence-electron chi connectivity index (χ1n) is 7.23. The lowest BCUT2D eigenvalue weighted by Crippen LogP contribution is -2.30. The minimum atomic E-state index is -0.821. The molecule has 19 heavy (non-hydrogen) atoms. The van der Waals surface area contributed by atoms with E-state index in [0.29, 0.717) is 19.5 Å². The highest BCUT2D eigenvalue weighted by Gasteiger charge is 2.04.